The number of carbonyl (C=O) groups is 1. The van der Waals surface area contributed by atoms with Gasteiger partial charge in [-0.3, -0.25) is 0 Å². The van der Waals surface area contributed by atoms with Crippen LogP contribution in [0.1, 0.15) is 11.3 Å². The van der Waals surface area contributed by atoms with Crippen molar-refractivity contribution in [2.24, 2.45) is 0 Å². The molecule has 0 radical (unpaired) electrons. The van der Waals surface area contributed by atoms with Crippen molar-refractivity contribution < 1.29 is 23.1 Å². The van der Waals surface area contributed by atoms with Crippen LogP contribution in [0.2, 0.25) is 0 Å². The number of pyridine rings is 1. The summed E-state index contributed by atoms with van der Waals surface area (Å²) >= 11 is 1.04. The highest BCUT2D eigenvalue weighted by Crippen LogP contribution is 2.34. The van der Waals surface area contributed by atoms with E-state index >= 15 is 0 Å². The average molecular weight is 325 g/mol. The van der Waals surface area contributed by atoms with Crippen LogP contribution in [0, 0.1) is 0 Å². The highest BCUT2D eigenvalue weighted by molar-refractivity contribution is 7.99. The molecule has 0 amide bonds. The van der Waals surface area contributed by atoms with Crippen LogP contribution in [0.15, 0.2) is 58.5 Å². The second-order valence-electron chi connectivity index (χ2n) is 4.18. The quantitative estimate of drug-likeness (QED) is 0.849. The molecule has 3 nitrogen and oxygen atoms in total. The third-order valence-corrected chi connectivity index (χ3v) is 3.57. The zero-order valence-electron chi connectivity index (χ0n) is 11.0. The number of alkyl halides is 3. The van der Waals surface area contributed by atoms with Gasteiger partial charge in [0, 0.05) is 16.5 Å². The lowest BCUT2D eigenvalue weighted by Gasteiger charge is -2.10. The molecule has 0 aliphatic heterocycles. The van der Waals surface area contributed by atoms with Gasteiger partial charge in [0.1, 0.15) is 10.7 Å². The fraction of sp³-hybridized carbons (Fsp3) is 0.0667. The summed E-state index contributed by atoms with van der Waals surface area (Å²) in [4.78, 5) is 14.9. The van der Waals surface area contributed by atoms with Gasteiger partial charge in [0.05, 0.1) is 0 Å². The van der Waals surface area contributed by atoms with E-state index in [2.05, 4.69) is 4.98 Å². The molecule has 2 rings (SSSR count). The molecular formula is C15H10F3NO2S. The number of nitrogens with zero attached hydrogens (tertiary/aromatic N) is 1. The smallest absolute Gasteiger partial charge is 0.433 e. The first-order valence-electron chi connectivity index (χ1n) is 6.08. The SMILES string of the molecule is O=C(O)C=Cc1ccc(C(F)(F)F)nc1Sc1ccccc1. The van der Waals surface area contributed by atoms with Crippen LogP contribution < -0.4 is 0 Å². The lowest BCUT2D eigenvalue weighted by Crippen LogP contribution is -2.08. The van der Waals surface area contributed by atoms with E-state index in [1.54, 1.807) is 30.3 Å². The Labute approximate surface area is 128 Å². The molecule has 1 heterocycles. The molecule has 1 aromatic heterocycles. The Morgan fingerprint density at radius 2 is 1.82 bits per heavy atom. The van der Waals surface area contributed by atoms with Gasteiger partial charge in [-0.05, 0) is 24.3 Å². The third-order valence-electron chi connectivity index (χ3n) is 2.54. The van der Waals surface area contributed by atoms with E-state index in [0.717, 1.165) is 23.9 Å². The first kappa shape index (κ1) is 16.1. The van der Waals surface area contributed by atoms with Crippen molar-refractivity contribution in [1.29, 1.82) is 0 Å². The van der Waals surface area contributed by atoms with Crippen LogP contribution >= 0.6 is 11.8 Å². The first-order valence-corrected chi connectivity index (χ1v) is 6.90. The van der Waals surface area contributed by atoms with Crippen LogP contribution in [0.25, 0.3) is 6.08 Å². The molecule has 7 heteroatoms. The maximum atomic E-state index is 12.8. The van der Waals surface area contributed by atoms with Gasteiger partial charge in [-0.2, -0.15) is 13.2 Å². The van der Waals surface area contributed by atoms with E-state index in [9.17, 15) is 18.0 Å². The normalized spacial score (nSPS) is 11.8. The zero-order valence-corrected chi connectivity index (χ0v) is 11.9. The topological polar surface area (TPSA) is 50.2 Å². The molecule has 0 atom stereocenters. The van der Waals surface area contributed by atoms with Gasteiger partial charge in [0.2, 0.25) is 0 Å². The third kappa shape index (κ3) is 4.36. The molecule has 0 aliphatic carbocycles. The predicted molar refractivity (Wildman–Crippen MR) is 76.5 cm³/mol. The van der Waals surface area contributed by atoms with Crippen molar-refractivity contribution in [3.63, 3.8) is 0 Å². The van der Waals surface area contributed by atoms with Gasteiger partial charge in [0.15, 0.2) is 0 Å². The summed E-state index contributed by atoms with van der Waals surface area (Å²) in [5.41, 5.74) is -0.706. The van der Waals surface area contributed by atoms with E-state index < -0.39 is 17.8 Å². The predicted octanol–water partition coefficient (Wildman–Crippen LogP) is 4.35. The molecule has 0 saturated heterocycles. The van der Waals surface area contributed by atoms with Gasteiger partial charge in [-0.15, -0.1) is 0 Å². The summed E-state index contributed by atoms with van der Waals surface area (Å²) in [5.74, 6) is -1.18. The Bertz CT molecular complexity index is 700. The highest BCUT2D eigenvalue weighted by atomic mass is 32.2. The summed E-state index contributed by atoms with van der Waals surface area (Å²) < 4.78 is 38.3. The van der Waals surface area contributed by atoms with Crippen molar-refractivity contribution in [2.75, 3.05) is 0 Å². The van der Waals surface area contributed by atoms with Gasteiger partial charge in [-0.1, -0.05) is 36.0 Å². The van der Waals surface area contributed by atoms with Crippen molar-refractivity contribution >= 4 is 23.8 Å². The second kappa shape index (κ2) is 6.65. The maximum absolute atomic E-state index is 12.8. The molecule has 2 aromatic rings. The van der Waals surface area contributed by atoms with Crippen LogP contribution in [0.4, 0.5) is 13.2 Å². The van der Waals surface area contributed by atoms with Crippen molar-refractivity contribution in [3.05, 3.63) is 59.8 Å². The Balaban J connectivity index is 2.43. The van der Waals surface area contributed by atoms with Crippen molar-refractivity contribution in [1.82, 2.24) is 4.98 Å². The maximum Gasteiger partial charge on any atom is 0.433 e. The average Bonchev–Trinajstić information content (AvgIpc) is 2.46. The Hall–Kier alpha value is -2.28. The molecule has 0 saturated carbocycles. The molecule has 22 heavy (non-hydrogen) atoms. The number of benzene rings is 1. The Morgan fingerprint density at radius 1 is 1.14 bits per heavy atom. The van der Waals surface area contributed by atoms with E-state index in [-0.39, 0.29) is 5.03 Å². The van der Waals surface area contributed by atoms with Gasteiger partial charge >= 0.3 is 12.1 Å². The van der Waals surface area contributed by atoms with E-state index in [4.69, 9.17) is 5.11 Å². The second-order valence-corrected chi connectivity index (χ2v) is 5.24. The van der Waals surface area contributed by atoms with Crippen LogP contribution in [0.5, 0.6) is 0 Å². The molecule has 114 valence electrons. The summed E-state index contributed by atoms with van der Waals surface area (Å²) in [6, 6.07) is 10.8. The summed E-state index contributed by atoms with van der Waals surface area (Å²) in [5, 5.41) is 8.74. The molecule has 0 aliphatic rings. The molecule has 0 unspecified atom stereocenters. The summed E-state index contributed by atoms with van der Waals surface area (Å²) in [6.07, 6.45) is -2.47. The van der Waals surface area contributed by atoms with Crippen LogP contribution in [0.3, 0.4) is 0 Å². The minimum Gasteiger partial charge on any atom is -0.478 e. The number of aliphatic carboxylic acids is 1. The lowest BCUT2D eigenvalue weighted by molar-refractivity contribution is -0.141. The molecule has 1 N–H and O–H groups in total. The number of carboxylic acid groups (broad SMARTS) is 1. The lowest BCUT2D eigenvalue weighted by atomic mass is 10.2. The van der Waals surface area contributed by atoms with Crippen molar-refractivity contribution in [3.8, 4) is 0 Å². The Kier molecular flexibility index (Phi) is 4.87. The van der Waals surface area contributed by atoms with Gasteiger partial charge in [0.25, 0.3) is 0 Å². The minimum absolute atomic E-state index is 0.0959. The fourth-order valence-electron chi connectivity index (χ4n) is 1.58. The fourth-order valence-corrected chi connectivity index (χ4v) is 2.49. The number of hydrogen-bond acceptors (Lipinski definition) is 3. The molecule has 0 fully saturated rings. The number of carboxylic acids is 1. The molecule has 0 spiro atoms. The van der Waals surface area contributed by atoms with Crippen LogP contribution in [-0.2, 0) is 11.0 Å². The minimum atomic E-state index is -4.55. The number of halogens is 3. The summed E-state index contributed by atoms with van der Waals surface area (Å²) in [7, 11) is 0. The number of hydrogen-bond donors (Lipinski definition) is 1. The molecular weight excluding hydrogens is 315 g/mol. The summed E-state index contributed by atoms with van der Waals surface area (Å²) in [6.45, 7) is 0. The van der Waals surface area contributed by atoms with E-state index in [1.165, 1.54) is 12.1 Å². The number of rotatable bonds is 4. The zero-order chi connectivity index (χ0) is 16.2. The van der Waals surface area contributed by atoms with Crippen molar-refractivity contribution in [2.45, 2.75) is 16.1 Å². The highest BCUT2D eigenvalue weighted by Gasteiger charge is 2.33. The number of aromatic nitrogens is 1. The Morgan fingerprint density at radius 3 is 2.41 bits per heavy atom. The van der Waals surface area contributed by atoms with Crippen LogP contribution in [-0.4, -0.2) is 16.1 Å². The molecule has 0 bridgehead atoms. The molecule has 1 aromatic carbocycles. The van der Waals surface area contributed by atoms with E-state index in [1.807, 2.05) is 0 Å². The standard InChI is InChI=1S/C15H10F3NO2S/c16-15(17,18)12-8-6-10(7-9-13(20)21)14(19-12)22-11-4-2-1-3-5-11/h1-9H,(H,20,21). The van der Waals surface area contributed by atoms with Gasteiger partial charge < -0.3 is 5.11 Å². The van der Waals surface area contributed by atoms with E-state index in [0.29, 0.717) is 10.5 Å². The monoisotopic (exact) mass is 325 g/mol. The largest absolute Gasteiger partial charge is 0.478 e. The van der Waals surface area contributed by atoms with Gasteiger partial charge in [-0.25, -0.2) is 9.78 Å². The first-order chi connectivity index (χ1) is 10.4.